The molecule has 1 atom stereocenters. The molecular formula is C14H20FN. The number of halogens is 1. The summed E-state index contributed by atoms with van der Waals surface area (Å²) in [6.45, 7) is 0. The zero-order valence-electron chi connectivity index (χ0n) is 9.66. The van der Waals surface area contributed by atoms with Crippen LogP contribution in [0.3, 0.4) is 0 Å². The van der Waals surface area contributed by atoms with E-state index in [4.69, 9.17) is 5.73 Å². The molecule has 1 aromatic rings. The summed E-state index contributed by atoms with van der Waals surface area (Å²) >= 11 is 0. The standard InChI is InChI=1S/C14H20FN/c15-13-9-5-4-8-12(13)14(16)10-11-6-2-1-3-7-11/h4-5,8-9,11,14H,1-3,6-7,10,16H2. The Hall–Kier alpha value is -0.890. The minimum absolute atomic E-state index is 0.135. The van der Waals surface area contributed by atoms with Gasteiger partial charge in [-0.05, 0) is 18.4 Å². The summed E-state index contributed by atoms with van der Waals surface area (Å²) in [6.07, 6.45) is 7.44. The Morgan fingerprint density at radius 2 is 1.88 bits per heavy atom. The van der Waals surface area contributed by atoms with Crippen molar-refractivity contribution < 1.29 is 4.39 Å². The first-order valence-corrected chi connectivity index (χ1v) is 6.27. The lowest BCUT2D eigenvalue weighted by atomic mass is 9.83. The highest BCUT2D eigenvalue weighted by Gasteiger charge is 2.19. The monoisotopic (exact) mass is 221 g/mol. The van der Waals surface area contributed by atoms with Crippen LogP contribution in [0, 0.1) is 11.7 Å². The first-order chi connectivity index (χ1) is 7.77. The van der Waals surface area contributed by atoms with Crippen LogP contribution in [0.5, 0.6) is 0 Å². The maximum atomic E-state index is 13.5. The van der Waals surface area contributed by atoms with E-state index in [0.717, 1.165) is 6.42 Å². The molecule has 16 heavy (non-hydrogen) atoms. The normalized spacial score (nSPS) is 19.6. The van der Waals surface area contributed by atoms with Crippen molar-refractivity contribution in [1.82, 2.24) is 0 Å². The van der Waals surface area contributed by atoms with Crippen molar-refractivity contribution in [2.75, 3.05) is 0 Å². The maximum absolute atomic E-state index is 13.5. The summed E-state index contributed by atoms with van der Waals surface area (Å²) in [5, 5.41) is 0. The molecule has 0 saturated heterocycles. The number of hydrogen-bond donors (Lipinski definition) is 1. The minimum atomic E-state index is -0.161. The van der Waals surface area contributed by atoms with Gasteiger partial charge in [-0.25, -0.2) is 4.39 Å². The van der Waals surface area contributed by atoms with E-state index in [2.05, 4.69) is 0 Å². The van der Waals surface area contributed by atoms with Gasteiger partial charge in [0.1, 0.15) is 5.82 Å². The second-order valence-corrected chi connectivity index (χ2v) is 4.87. The Labute approximate surface area is 96.9 Å². The second-order valence-electron chi connectivity index (χ2n) is 4.87. The highest BCUT2D eigenvalue weighted by atomic mass is 19.1. The lowest BCUT2D eigenvalue weighted by molar-refractivity contribution is 0.317. The first kappa shape index (κ1) is 11.6. The van der Waals surface area contributed by atoms with Crippen molar-refractivity contribution in [2.45, 2.75) is 44.6 Å². The number of benzene rings is 1. The Balaban J connectivity index is 1.96. The highest BCUT2D eigenvalue weighted by Crippen LogP contribution is 2.31. The largest absolute Gasteiger partial charge is 0.324 e. The molecule has 0 bridgehead atoms. The van der Waals surface area contributed by atoms with Gasteiger partial charge >= 0.3 is 0 Å². The van der Waals surface area contributed by atoms with Crippen molar-refractivity contribution in [3.05, 3.63) is 35.6 Å². The van der Waals surface area contributed by atoms with Crippen molar-refractivity contribution in [3.8, 4) is 0 Å². The summed E-state index contributed by atoms with van der Waals surface area (Å²) in [5.74, 6) is 0.536. The zero-order chi connectivity index (χ0) is 11.4. The lowest BCUT2D eigenvalue weighted by Crippen LogP contribution is -2.18. The van der Waals surface area contributed by atoms with Crippen LogP contribution < -0.4 is 5.73 Å². The van der Waals surface area contributed by atoms with Gasteiger partial charge in [-0.3, -0.25) is 0 Å². The molecule has 1 nitrogen and oxygen atoms in total. The van der Waals surface area contributed by atoms with E-state index in [-0.39, 0.29) is 11.9 Å². The zero-order valence-corrected chi connectivity index (χ0v) is 9.66. The summed E-state index contributed by atoms with van der Waals surface area (Å²) < 4.78 is 13.5. The molecule has 2 rings (SSSR count). The molecule has 0 amide bonds. The number of hydrogen-bond acceptors (Lipinski definition) is 1. The minimum Gasteiger partial charge on any atom is -0.324 e. The molecule has 0 aromatic heterocycles. The molecule has 1 fully saturated rings. The van der Waals surface area contributed by atoms with Gasteiger partial charge in [0.25, 0.3) is 0 Å². The van der Waals surface area contributed by atoms with Crippen LogP contribution in [0.1, 0.15) is 50.1 Å². The topological polar surface area (TPSA) is 26.0 Å². The van der Waals surface area contributed by atoms with Crippen LogP contribution in [-0.2, 0) is 0 Å². The molecule has 1 unspecified atom stereocenters. The predicted octanol–water partition coefficient (Wildman–Crippen LogP) is 3.80. The third-order valence-corrected chi connectivity index (χ3v) is 3.62. The predicted molar refractivity (Wildman–Crippen MR) is 64.5 cm³/mol. The highest BCUT2D eigenvalue weighted by molar-refractivity contribution is 5.20. The Morgan fingerprint density at radius 3 is 2.56 bits per heavy atom. The van der Waals surface area contributed by atoms with E-state index in [1.807, 2.05) is 12.1 Å². The van der Waals surface area contributed by atoms with Gasteiger partial charge in [0.15, 0.2) is 0 Å². The van der Waals surface area contributed by atoms with Crippen LogP contribution >= 0.6 is 0 Å². The van der Waals surface area contributed by atoms with Crippen LogP contribution in [0.2, 0.25) is 0 Å². The molecule has 0 radical (unpaired) electrons. The van der Waals surface area contributed by atoms with E-state index in [1.54, 1.807) is 6.07 Å². The van der Waals surface area contributed by atoms with E-state index < -0.39 is 0 Å². The van der Waals surface area contributed by atoms with Crippen LogP contribution in [-0.4, -0.2) is 0 Å². The smallest absolute Gasteiger partial charge is 0.127 e. The summed E-state index contributed by atoms with van der Waals surface area (Å²) in [7, 11) is 0. The third-order valence-electron chi connectivity index (χ3n) is 3.62. The molecule has 1 aromatic carbocycles. The van der Waals surface area contributed by atoms with Gasteiger partial charge in [-0.1, -0.05) is 50.3 Å². The molecule has 1 aliphatic rings. The molecule has 88 valence electrons. The van der Waals surface area contributed by atoms with Gasteiger partial charge in [0.05, 0.1) is 0 Å². The summed E-state index contributed by atoms with van der Waals surface area (Å²) in [4.78, 5) is 0. The average molecular weight is 221 g/mol. The molecule has 1 saturated carbocycles. The Morgan fingerprint density at radius 1 is 1.19 bits per heavy atom. The Kier molecular flexibility index (Phi) is 3.94. The molecule has 0 aliphatic heterocycles. The van der Waals surface area contributed by atoms with Crippen molar-refractivity contribution in [3.63, 3.8) is 0 Å². The molecule has 0 heterocycles. The van der Waals surface area contributed by atoms with Gasteiger partial charge in [0, 0.05) is 11.6 Å². The van der Waals surface area contributed by atoms with E-state index in [0.29, 0.717) is 11.5 Å². The van der Waals surface area contributed by atoms with Crippen molar-refractivity contribution >= 4 is 0 Å². The second kappa shape index (κ2) is 5.44. The fraction of sp³-hybridized carbons (Fsp3) is 0.571. The van der Waals surface area contributed by atoms with Crippen molar-refractivity contribution in [2.24, 2.45) is 11.7 Å². The average Bonchev–Trinajstić information content (AvgIpc) is 2.31. The molecule has 0 spiro atoms. The van der Waals surface area contributed by atoms with Gasteiger partial charge < -0.3 is 5.73 Å². The van der Waals surface area contributed by atoms with Gasteiger partial charge in [-0.15, -0.1) is 0 Å². The SMILES string of the molecule is NC(CC1CCCCC1)c1ccccc1F. The van der Waals surface area contributed by atoms with E-state index in [9.17, 15) is 4.39 Å². The quantitative estimate of drug-likeness (QED) is 0.825. The van der Waals surface area contributed by atoms with Crippen LogP contribution in [0.4, 0.5) is 4.39 Å². The first-order valence-electron chi connectivity index (χ1n) is 6.27. The molecule has 2 N–H and O–H groups in total. The lowest BCUT2D eigenvalue weighted by Gasteiger charge is -2.24. The third kappa shape index (κ3) is 2.82. The van der Waals surface area contributed by atoms with Gasteiger partial charge in [0.2, 0.25) is 0 Å². The van der Waals surface area contributed by atoms with Crippen LogP contribution in [0.15, 0.2) is 24.3 Å². The van der Waals surface area contributed by atoms with E-state index >= 15 is 0 Å². The number of rotatable bonds is 3. The molecular weight excluding hydrogens is 201 g/mol. The van der Waals surface area contributed by atoms with Crippen molar-refractivity contribution in [1.29, 1.82) is 0 Å². The summed E-state index contributed by atoms with van der Waals surface area (Å²) in [6, 6.07) is 6.74. The Bertz CT molecular complexity index is 331. The molecule has 2 heteroatoms. The number of nitrogens with two attached hydrogens (primary N) is 1. The van der Waals surface area contributed by atoms with Crippen LogP contribution in [0.25, 0.3) is 0 Å². The maximum Gasteiger partial charge on any atom is 0.127 e. The summed E-state index contributed by atoms with van der Waals surface area (Å²) in [5.41, 5.74) is 6.76. The molecule has 1 aliphatic carbocycles. The fourth-order valence-electron chi connectivity index (χ4n) is 2.68. The van der Waals surface area contributed by atoms with E-state index in [1.165, 1.54) is 38.2 Å². The van der Waals surface area contributed by atoms with Gasteiger partial charge in [-0.2, -0.15) is 0 Å². The fourth-order valence-corrected chi connectivity index (χ4v) is 2.68.